The summed E-state index contributed by atoms with van der Waals surface area (Å²) in [5.74, 6) is -0.489. The monoisotopic (exact) mass is 581 g/mol. The molecule has 3 N–H and O–H groups in total. The number of carbonyl (C=O) groups is 3. The second-order valence-electron chi connectivity index (χ2n) is 11.8. The van der Waals surface area contributed by atoms with Gasteiger partial charge in [-0.25, -0.2) is 4.79 Å². The summed E-state index contributed by atoms with van der Waals surface area (Å²) in [5, 5.41) is 15.6. The lowest BCUT2D eigenvalue weighted by molar-refractivity contribution is -0.142. The lowest BCUT2D eigenvalue weighted by Gasteiger charge is -2.35. The number of unbranched alkanes of at least 4 members (excludes halogenated alkanes) is 4. The Labute approximate surface area is 252 Å². The van der Waals surface area contributed by atoms with Gasteiger partial charge in [0.05, 0.1) is 0 Å². The van der Waals surface area contributed by atoms with Gasteiger partial charge in [-0.15, -0.1) is 0 Å². The first-order valence-electron chi connectivity index (χ1n) is 15.4. The maximum Gasteiger partial charge on any atom is 0.408 e. The molecule has 0 saturated carbocycles. The molecular formula is C34H51N3O5. The Morgan fingerprint density at radius 2 is 1.48 bits per heavy atom. The lowest BCUT2D eigenvalue weighted by Crippen LogP contribution is -2.54. The number of rotatable bonds is 16. The van der Waals surface area contributed by atoms with Crippen LogP contribution in [0.2, 0.25) is 0 Å². The molecule has 0 radical (unpaired) electrons. The summed E-state index contributed by atoms with van der Waals surface area (Å²) in [6.07, 6.45) is 5.80. The van der Waals surface area contributed by atoms with Crippen LogP contribution >= 0.6 is 0 Å². The van der Waals surface area contributed by atoms with Gasteiger partial charge in [0.1, 0.15) is 23.4 Å². The number of aromatic hydroxyl groups is 1. The molecule has 0 aliphatic heterocycles. The van der Waals surface area contributed by atoms with Crippen molar-refractivity contribution in [3.63, 3.8) is 0 Å². The third-order valence-corrected chi connectivity index (χ3v) is 6.99. The lowest BCUT2D eigenvalue weighted by atomic mass is 9.98. The zero-order chi connectivity index (χ0) is 31.1. The molecule has 42 heavy (non-hydrogen) atoms. The molecule has 2 rings (SSSR count). The van der Waals surface area contributed by atoms with Crippen molar-refractivity contribution in [2.24, 2.45) is 0 Å². The van der Waals surface area contributed by atoms with E-state index in [9.17, 15) is 19.5 Å². The smallest absolute Gasteiger partial charge is 0.408 e. The molecule has 0 aliphatic carbocycles. The quantitative estimate of drug-likeness (QED) is 0.197. The third kappa shape index (κ3) is 11.7. The number of hydrogen-bond acceptors (Lipinski definition) is 5. The number of benzene rings is 2. The molecular weight excluding hydrogens is 530 g/mol. The molecule has 8 heteroatoms. The topological polar surface area (TPSA) is 108 Å². The van der Waals surface area contributed by atoms with E-state index in [1.54, 1.807) is 49.9 Å². The molecule has 2 unspecified atom stereocenters. The Balaban J connectivity index is 2.54. The zero-order valence-corrected chi connectivity index (χ0v) is 26.4. The van der Waals surface area contributed by atoms with Crippen LogP contribution in [0.15, 0.2) is 48.5 Å². The van der Waals surface area contributed by atoms with Crippen molar-refractivity contribution >= 4 is 17.9 Å². The van der Waals surface area contributed by atoms with Gasteiger partial charge in [-0.2, -0.15) is 0 Å². The van der Waals surface area contributed by atoms with Gasteiger partial charge in [0.15, 0.2) is 0 Å². The number of phenolic OH excluding ortho intramolecular Hbond substituents is 1. The van der Waals surface area contributed by atoms with Gasteiger partial charge in [0, 0.05) is 19.5 Å². The number of nitrogens with zero attached hydrogens (tertiary/aromatic N) is 1. The SMILES string of the molecule is CCCCCCN(C(=O)C(Cc1ccc(O)cc1)NC(=O)OC(C)(C)C)C(C(=O)NCCCC)c1ccc(CC)cc1. The molecule has 0 bridgehead atoms. The van der Waals surface area contributed by atoms with E-state index in [4.69, 9.17) is 4.74 Å². The molecule has 232 valence electrons. The maximum absolute atomic E-state index is 14.5. The Hall–Kier alpha value is -3.55. The Kier molecular flexibility index (Phi) is 14.4. The van der Waals surface area contributed by atoms with Crippen molar-refractivity contribution in [1.82, 2.24) is 15.5 Å². The van der Waals surface area contributed by atoms with E-state index in [-0.39, 0.29) is 24.0 Å². The minimum absolute atomic E-state index is 0.110. The number of nitrogens with one attached hydrogen (secondary N) is 2. The van der Waals surface area contributed by atoms with Gasteiger partial charge < -0.3 is 25.4 Å². The summed E-state index contributed by atoms with van der Waals surface area (Å²) in [5.41, 5.74) is 1.87. The second kappa shape index (κ2) is 17.4. The van der Waals surface area contributed by atoms with Crippen LogP contribution in [0.3, 0.4) is 0 Å². The predicted octanol–water partition coefficient (Wildman–Crippen LogP) is 6.46. The van der Waals surface area contributed by atoms with Crippen LogP contribution in [0.1, 0.15) is 103 Å². The molecule has 0 aliphatic rings. The van der Waals surface area contributed by atoms with Gasteiger partial charge in [-0.05, 0) is 68.9 Å². The molecule has 0 saturated heterocycles. The highest BCUT2D eigenvalue weighted by Crippen LogP contribution is 2.25. The molecule has 2 aromatic carbocycles. The summed E-state index contributed by atoms with van der Waals surface area (Å²) in [7, 11) is 0. The van der Waals surface area contributed by atoms with E-state index < -0.39 is 23.8 Å². The van der Waals surface area contributed by atoms with Gasteiger partial charge in [0.2, 0.25) is 11.8 Å². The molecule has 0 heterocycles. The van der Waals surface area contributed by atoms with Gasteiger partial charge in [-0.1, -0.05) is 82.9 Å². The van der Waals surface area contributed by atoms with Crippen LogP contribution < -0.4 is 10.6 Å². The molecule has 0 spiro atoms. The average Bonchev–Trinajstić information content (AvgIpc) is 2.94. The Bertz CT molecular complexity index is 1110. The summed E-state index contributed by atoms with van der Waals surface area (Å²) in [6.45, 7) is 12.4. The van der Waals surface area contributed by atoms with Crippen LogP contribution in [0.5, 0.6) is 5.75 Å². The van der Waals surface area contributed by atoms with Crippen molar-refractivity contribution in [3.05, 3.63) is 65.2 Å². The molecule has 8 nitrogen and oxygen atoms in total. The standard InChI is InChI=1S/C34H51N3O5/c1-7-10-12-13-23-37(30(31(39)35-22-11-8-2)27-18-14-25(9-3)15-19-27)32(40)29(36-33(41)42-34(4,5)6)24-26-16-20-28(38)21-17-26/h14-21,29-30,38H,7-13,22-24H2,1-6H3,(H,35,39)(H,36,41). The summed E-state index contributed by atoms with van der Waals surface area (Å²) in [6, 6.07) is 12.5. The van der Waals surface area contributed by atoms with Crippen LogP contribution in [0.25, 0.3) is 0 Å². The third-order valence-electron chi connectivity index (χ3n) is 6.99. The number of phenols is 1. The van der Waals surface area contributed by atoms with Crippen molar-refractivity contribution < 1.29 is 24.2 Å². The average molecular weight is 582 g/mol. The highest BCUT2D eigenvalue weighted by Gasteiger charge is 2.36. The second-order valence-corrected chi connectivity index (χ2v) is 11.8. The molecule has 2 atom stereocenters. The minimum Gasteiger partial charge on any atom is -0.508 e. The van der Waals surface area contributed by atoms with Crippen LogP contribution in [0.4, 0.5) is 4.79 Å². The van der Waals surface area contributed by atoms with E-state index in [1.165, 1.54) is 0 Å². The number of alkyl carbamates (subject to hydrolysis) is 1. The first-order chi connectivity index (χ1) is 20.0. The maximum atomic E-state index is 14.5. The van der Waals surface area contributed by atoms with Crippen molar-refractivity contribution in [2.45, 2.75) is 111 Å². The first-order valence-corrected chi connectivity index (χ1v) is 15.4. The normalized spacial score (nSPS) is 12.7. The number of hydrogen-bond donors (Lipinski definition) is 3. The largest absolute Gasteiger partial charge is 0.508 e. The number of aryl methyl sites for hydroxylation is 1. The Morgan fingerprint density at radius 1 is 0.857 bits per heavy atom. The fourth-order valence-corrected chi connectivity index (χ4v) is 4.69. The van der Waals surface area contributed by atoms with E-state index in [1.807, 2.05) is 24.3 Å². The van der Waals surface area contributed by atoms with E-state index in [0.717, 1.165) is 61.6 Å². The van der Waals surface area contributed by atoms with Crippen molar-refractivity contribution in [1.29, 1.82) is 0 Å². The summed E-state index contributed by atoms with van der Waals surface area (Å²) in [4.78, 5) is 42.8. The fourth-order valence-electron chi connectivity index (χ4n) is 4.69. The number of amides is 3. The Morgan fingerprint density at radius 3 is 2.05 bits per heavy atom. The van der Waals surface area contributed by atoms with E-state index in [0.29, 0.717) is 13.1 Å². The predicted molar refractivity (Wildman–Crippen MR) is 167 cm³/mol. The summed E-state index contributed by atoms with van der Waals surface area (Å²) >= 11 is 0. The number of ether oxygens (including phenoxy) is 1. The zero-order valence-electron chi connectivity index (χ0n) is 26.4. The molecule has 0 fully saturated rings. The molecule has 0 aromatic heterocycles. The first kappa shape index (κ1) is 34.7. The molecule has 3 amide bonds. The van der Waals surface area contributed by atoms with E-state index >= 15 is 0 Å². The minimum atomic E-state index is -0.989. The molecule has 2 aromatic rings. The highest BCUT2D eigenvalue weighted by atomic mass is 16.6. The van der Waals surface area contributed by atoms with Gasteiger partial charge in [0.25, 0.3) is 0 Å². The van der Waals surface area contributed by atoms with Gasteiger partial charge in [-0.3, -0.25) is 9.59 Å². The highest BCUT2D eigenvalue weighted by molar-refractivity contribution is 5.92. The van der Waals surface area contributed by atoms with Crippen molar-refractivity contribution in [2.75, 3.05) is 13.1 Å². The summed E-state index contributed by atoms with van der Waals surface area (Å²) < 4.78 is 5.51. The van der Waals surface area contributed by atoms with E-state index in [2.05, 4.69) is 31.4 Å². The van der Waals surface area contributed by atoms with Crippen molar-refractivity contribution in [3.8, 4) is 5.75 Å². The fraction of sp³-hybridized carbons (Fsp3) is 0.559. The van der Waals surface area contributed by atoms with Crippen LogP contribution in [0, 0.1) is 0 Å². The number of carbonyl (C=O) groups excluding carboxylic acids is 3. The van der Waals surface area contributed by atoms with Crippen LogP contribution in [-0.2, 0) is 27.2 Å². The van der Waals surface area contributed by atoms with Crippen LogP contribution in [-0.4, -0.2) is 52.6 Å². The van der Waals surface area contributed by atoms with Gasteiger partial charge >= 0.3 is 6.09 Å².